The first kappa shape index (κ1) is 15.5. The Morgan fingerprint density at radius 2 is 1.08 bits per heavy atom. The van der Waals surface area contributed by atoms with E-state index in [1.165, 1.54) is 12.4 Å². The van der Waals surface area contributed by atoms with Gasteiger partial charge in [0.1, 0.15) is 0 Å². The summed E-state index contributed by atoms with van der Waals surface area (Å²) in [6.45, 7) is 0. The number of fused-ring (bicyclic) bond motifs is 1. The molecule has 8 N–H and O–H groups in total. The fraction of sp³-hybridized carbons (Fsp3) is 0. The van der Waals surface area contributed by atoms with Crippen molar-refractivity contribution in [3.8, 4) is 11.1 Å². The fourth-order valence-electron chi connectivity index (χ4n) is 2.65. The second kappa shape index (κ2) is 6.38. The van der Waals surface area contributed by atoms with Gasteiger partial charge >= 0.3 is 0 Å². The maximum absolute atomic E-state index is 5.87. The Morgan fingerprint density at radius 1 is 0.583 bits per heavy atom. The van der Waals surface area contributed by atoms with Crippen molar-refractivity contribution in [2.75, 3.05) is 0 Å². The molecule has 0 heterocycles. The third-order valence-corrected chi connectivity index (χ3v) is 4.08. The zero-order chi connectivity index (χ0) is 17.1. The Kier molecular flexibility index (Phi) is 4.12. The van der Waals surface area contributed by atoms with Gasteiger partial charge in [-0.1, -0.05) is 48.5 Å². The molecule has 0 unspecified atom stereocenters. The van der Waals surface area contributed by atoms with Crippen LogP contribution in [0.3, 0.4) is 0 Å². The predicted octanol–water partition coefficient (Wildman–Crippen LogP) is 2.94. The van der Waals surface area contributed by atoms with E-state index in [9.17, 15) is 0 Å². The Bertz CT molecular complexity index is 938. The lowest BCUT2D eigenvalue weighted by Gasteiger charge is -2.08. The van der Waals surface area contributed by atoms with E-state index in [4.69, 9.17) is 22.9 Å². The molecule has 0 bridgehead atoms. The minimum absolute atomic E-state index is 0.568. The molecule has 0 amide bonds. The maximum atomic E-state index is 5.87. The molecule has 0 aromatic heterocycles. The minimum atomic E-state index is 0.568. The average molecular weight is 316 g/mol. The second-order valence-corrected chi connectivity index (χ2v) is 5.60. The normalized spacial score (nSPS) is 12.5. The lowest BCUT2D eigenvalue weighted by atomic mass is 9.98. The van der Waals surface area contributed by atoms with E-state index in [2.05, 4.69) is 18.2 Å². The van der Waals surface area contributed by atoms with Gasteiger partial charge in [0.25, 0.3) is 0 Å². The monoisotopic (exact) mass is 316 g/mol. The van der Waals surface area contributed by atoms with Crippen molar-refractivity contribution in [1.29, 1.82) is 0 Å². The molecule has 0 fully saturated rings. The molecular weight excluding hydrogens is 296 g/mol. The maximum Gasteiger partial charge on any atom is 0.0545 e. The summed E-state index contributed by atoms with van der Waals surface area (Å²) in [7, 11) is 0. The van der Waals surface area contributed by atoms with E-state index in [0.29, 0.717) is 11.4 Å². The number of rotatable bonds is 3. The van der Waals surface area contributed by atoms with Gasteiger partial charge in [-0.25, -0.2) is 0 Å². The van der Waals surface area contributed by atoms with Crippen LogP contribution in [0.4, 0.5) is 0 Å². The predicted molar refractivity (Wildman–Crippen MR) is 102 cm³/mol. The molecule has 0 atom stereocenters. The van der Waals surface area contributed by atoms with Crippen molar-refractivity contribution < 1.29 is 0 Å². The van der Waals surface area contributed by atoms with E-state index in [1.807, 2.05) is 42.5 Å². The lowest BCUT2D eigenvalue weighted by molar-refractivity contribution is 1.46. The van der Waals surface area contributed by atoms with Crippen LogP contribution >= 0.6 is 0 Å². The highest BCUT2D eigenvalue weighted by molar-refractivity contribution is 5.89. The van der Waals surface area contributed by atoms with E-state index in [1.54, 1.807) is 0 Å². The summed E-state index contributed by atoms with van der Waals surface area (Å²) >= 11 is 0. The van der Waals surface area contributed by atoms with E-state index >= 15 is 0 Å². The van der Waals surface area contributed by atoms with Crippen LogP contribution in [-0.2, 0) is 0 Å². The van der Waals surface area contributed by atoms with Gasteiger partial charge in [-0.2, -0.15) is 0 Å². The molecule has 3 rings (SSSR count). The van der Waals surface area contributed by atoms with Gasteiger partial charge < -0.3 is 22.9 Å². The molecule has 4 heteroatoms. The zero-order valence-electron chi connectivity index (χ0n) is 13.2. The Morgan fingerprint density at radius 3 is 1.75 bits per heavy atom. The molecule has 0 aliphatic heterocycles. The number of nitrogens with two attached hydrogens (primary N) is 4. The van der Waals surface area contributed by atoms with Gasteiger partial charge in [0.2, 0.25) is 0 Å². The Balaban J connectivity index is 1.99. The zero-order valence-corrected chi connectivity index (χ0v) is 13.2. The van der Waals surface area contributed by atoms with Crippen molar-refractivity contribution in [2.24, 2.45) is 22.9 Å². The molecule has 0 spiro atoms. The molecule has 0 aliphatic carbocycles. The van der Waals surface area contributed by atoms with Crippen LogP contribution in [0.15, 0.2) is 73.1 Å². The smallest absolute Gasteiger partial charge is 0.0545 e. The number of benzene rings is 3. The first-order valence-electron chi connectivity index (χ1n) is 7.62. The van der Waals surface area contributed by atoms with Crippen LogP contribution in [0.5, 0.6) is 0 Å². The van der Waals surface area contributed by atoms with E-state index < -0.39 is 0 Å². The summed E-state index contributed by atoms with van der Waals surface area (Å²) in [6, 6.07) is 20.4. The van der Waals surface area contributed by atoms with Crippen LogP contribution in [0, 0.1) is 0 Å². The molecule has 0 radical (unpaired) electrons. The highest BCUT2D eigenvalue weighted by Gasteiger charge is 2.03. The molecule has 0 aliphatic rings. The quantitative estimate of drug-likeness (QED) is 0.596. The van der Waals surface area contributed by atoms with Crippen LogP contribution < -0.4 is 22.9 Å². The van der Waals surface area contributed by atoms with Crippen LogP contribution in [0.1, 0.15) is 11.1 Å². The molecular formula is C20H20N4. The van der Waals surface area contributed by atoms with Gasteiger partial charge in [0.15, 0.2) is 0 Å². The lowest BCUT2D eigenvalue weighted by Crippen LogP contribution is -1.99. The fourth-order valence-corrected chi connectivity index (χ4v) is 2.65. The van der Waals surface area contributed by atoms with Crippen molar-refractivity contribution in [3.05, 3.63) is 84.2 Å². The SMILES string of the molecule is N/C=C(\N)c1ccc(-c2ccc3cc(/C(N)=C/N)ccc3c2)cc1. The summed E-state index contributed by atoms with van der Waals surface area (Å²) in [4.78, 5) is 0. The number of hydrogen-bond acceptors (Lipinski definition) is 4. The molecule has 120 valence electrons. The van der Waals surface area contributed by atoms with Crippen molar-refractivity contribution in [2.45, 2.75) is 0 Å². The summed E-state index contributed by atoms with van der Waals surface area (Å²) in [5, 5.41) is 2.26. The van der Waals surface area contributed by atoms with Crippen LogP contribution in [0.2, 0.25) is 0 Å². The topological polar surface area (TPSA) is 104 Å². The molecule has 3 aromatic carbocycles. The molecule has 3 aromatic rings. The second-order valence-electron chi connectivity index (χ2n) is 5.60. The average Bonchev–Trinajstić information content (AvgIpc) is 2.66. The Labute approximate surface area is 141 Å². The minimum Gasteiger partial charge on any atom is -0.403 e. The van der Waals surface area contributed by atoms with Gasteiger partial charge in [-0.15, -0.1) is 0 Å². The third-order valence-electron chi connectivity index (χ3n) is 4.08. The Hall–Kier alpha value is -3.40. The molecule has 4 nitrogen and oxygen atoms in total. The highest BCUT2D eigenvalue weighted by Crippen LogP contribution is 2.27. The third kappa shape index (κ3) is 2.90. The van der Waals surface area contributed by atoms with E-state index in [0.717, 1.165) is 33.0 Å². The molecule has 0 saturated heterocycles. The molecule has 24 heavy (non-hydrogen) atoms. The number of hydrogen-bond donors (Lipinski definition) is 4. The van der Waals surface area contributed by atoms with Crippen molar-refractivity contribution in [1.82, 2.24) is 0 Å². The summed E-state index contributed by atoms with van der Waals surface area (Å²) in [6.07, 6.45) is 2.82. The van der Waals surface area contributed by atoms with Crippen LogP contribution in [0.25, 0.3) is 33.3 Å². The summed E-state index contributed by atoms with van der Waals surface area (Å²) in [5.74, 6) is 0. The van der Waals surface area contributed by atoms with Gasteiger partial charge in [0.05, 0.1) is 11.4 Å². The van der Waals surface area contributed by atoms with Crippen LogP contribution in [-0.4, -0.2) is 0 Å². The molecule has 0 saturated carbocycles. The van der Waals surface area contributed by atoms with Gasteiger partial charge in [0, 0.05) is 12.4 Å². The first-order valence-corrected chi connectivity index (χ1v) is 7.62. The van der Waals surface area contributed by atoms with Crippen molar-refractivity contribution in [3.63, 3.8) is 0 Å². The van der Waals surface area contributed by atoms with Gasteiger partial charge in [-0.3, -0.25) is 0 Å². The van der Waals surface area contributed by atoms with E-state index in [-0.39, 0.29) is 0 Å². The highest BCUT2D eigenvalue weighted by atomic mass is 14.6. The summed E-state index contributed by atoms with van der Waals surface area (Å²) < 4.78 is 0. The summed E-state index contributed by atoms with van der Waals surface area (Å²) in [5.41, 5.74) is 27.9. The standard InChI is InChI=1S/C20H20N4/c21-11-19(23)14-3-1-13(2-4-14)15-5-6-17-10-18(20(24)12-22)8-7-16(17)9-15/h1-12H,21-24H2/b19-11-,20-12-. The largest absolute Gasteiger partial charge is 0.403 e. The van der Waals surface area contributed by atoms with Gasteiger partial charge in [-0.05, 0) is 45.2 Å². The first-order chi connectivity index (χ1) is 11.6. The van der Waals surface area contributed by atoms with Crippen molar-refractivity contribution >= 4 is 22.2 Å².